The number of carboxylic acid groups (broad SMARTS) is 1. The minimum atomic E-state index is -1.34. The second-order valence-corrected chi connectivity index (χ2v) is 3.47. The number of hydrogen-bond acceptors (Lipinski definition) is 2. The molecule has 0 bridgehead atoms. The van der Waals surface area contributed by atoms with Gasteiger partial charge in [-0.25, -0.2) is 4.79 Å². The molecule has 0 saturated carbocycles. The van der Waals surface area contributed by atoms with Gasteiger partial charge in [0.05, 0.1) is 0 Å². The van der Waals surface area contributed by atoms with E-state index in [2.05, 4.69) is 0 Å². The second kappa shape index (κ2) is 4.91. The number of ketones is 1. The van der Waals surface area contributed by atoms with Crippen molar-refractivity contribution in [3.63, 3.8) is 0 Å². The minimum absolute atomic E-state index is 0. The Morgan fingerprint density at radius 2 is 1.73 bits per heavy atom. The van der Waals surface area contributed by atoms with Crippen molar-refractivity contribution in [2.24, 2.45) is 5.41 Å². The van der Waals surface area contributed by atoms with Crippen LogP contribution in [0.3, 0.4) is 0 Å². The van der Waals surface area contributed by atoms with E-state index >= 15 is 0 Å². The summed E-state index contributed by atoms with van der Waals surface area (Å²) < 4.78 is 0. The first kappa shape index (κ1) is 13.7. The molecule has 0 fully saturated rings. The predicted octanol–water partition coefficient (Wildman–Crippen LogP) is -1.81. The van der Waals surface area contributed by atoms with E-state index in [1.807, 2.05) is 20.8 Å². The van der Waals surface area contributed by atoms with Crippen LogP contribution in [0, 0.1) is 5.41 Å². The number of carbonyl (C=O) groups excluding carboxylic acids is 1. The van der Waals surface area contributed by atoms with Crippen molar-refractivity contribution in [1.82, 2.24) is 0 Å². The molecular formula is C7H13NaO3. The molecule has 0 aromatic carbocycles. The molecule has 0 amide bonds. The zero-order valence-corrected chi connectivity index (χ0v) is 9.47. The molecule has 1 N–H and O–H groups in total. The van der Waals surface area contributed by atoms with Crippen LogP contribution in [0.15, 0.2) is 0 Å². The molecule has 0 aromatic rings. The standard InChI is InChI=1S/C7H12O3.Na.H/c1-7(2,3)4-5(8)6(9)10;;/h4H2,1-3H3,(H,9,10);;/q;+1;-1. The van der Waals surface area contributed by atoms with Crippen LogP contribution >= 0.6 is 0 Å². The van der Waals surface area contributed by atoms with Crippen molar-refractivity contribution >= 4 is 11.8 Å². The Hall–Kier alpha value is 0.140. The first-order valence-corrected chi connectivity index (χ1v) is 3.09. The molecule has 4 heteroatoms. The Bertz CT molecular complexity index is 163. The van der Waals surface area contributed by atoms with Gasteiger partial charge in [0.2, 0.25) is 5.78 Å². The van der Waals surface area contributed by atoms with Crippen molar-refractivity contribution in [3.8, 4) is 0 Å². The molecule has 0 aliphatic rings. The largest absolute Gasteiger partial charge is 1.00 e. The van der Waals surface area contributed by atoms with E-state index in [0.29, 0.717) is 0 Å². The second-order valence-electron chi connectivity index (χ2n) is 3.47. The molecule has 0 unspecified atom stereocenters. The topological polar surface area (TPSA) is 54.4 Å². The molecule has 0 radical (unpaired) electrons. The van der Waals surface area contributed by atoms with Gasteiger partial charge in [0.15, 0.2) is 0 Å². The Balaban J connectivity index is -0.000000405. The molecule has 0 saturated heterocycles. The van der Waals surface area contributed by atoms with Crippen LogP contribution in [0.2, 0.25) is 0 Å². The molecule has 0 spiro atoms. The maximum absolute atomic E-state index is 10.6. The maximum atomic E-state index is 10.6. The maximum Gasteiger partial charge on any atom is 1.00 e. The molecule has 11 heavy (non-hydrogen) atoms. The van der Waals surface area contributed by atoms with Gasteiger partial charge in [0.1, 0.15) is 0 Å². The van der Waals surface area contributed by atoms with Crippen molar-refractivity contribution in [2.75, 3.05) is 0 Å². The summed E-state index contributed by atoms with van der Waals surface area (Å²) in [6.07, 6.45) is 0.0995. The Morgan fingerprint density at radius 3 is 1.82 bits per heavy atom. The van der Waals surface area contributed by atoms with Crippen LogP contribution in [0.1, 0.15) is 28.6 Å². The van der Waals surface area contributed by atoms with Crippen LogP contribution in [0.25, 0.3) is 0 Å². The van der Waals surface area contributed by atoms with Crippen LogP contribution in [0.4, 0.5) is 0 Å². The van der Waals surface area contributed by atoms with Crippen LogP contribution in [0.5, 0.6) is 0 Å². The number of carbonyl (C=O) groups is 2. The molecule has 3 nitrogen and oxygen atoms in total. The van der Waals surface area contributed by atoms with Gasteiger partial charge in [-0.15, -0.1) is 0 Å². The van der Waals surface area contributed by atoms with Gasteiger partial charge < -0.3 is 6.53 Å². The van der Waals surface area contributed by atoms with E-state index in [1.54, 1.807) is 0 Å². The van der Waals surface area contributed by atoms with Gasteiger partial charge in [-0.05, 0) is 5.41 Å². The molecule has 0 atom stereocenters. The van der Waals surface area contributed by atoms with Crippen molar-refractivity contribution in [1.29, 1.82) is 0 Å². The van der Waals surface area contributed by atoms with E-state index in [0.717, 1.165) is 0 Å². The summed E-state index contributed by atoms with van der Waals surface area (Å²) in [6.45, 7) is 5.48. The quantitative estimate of drug-likeness (QED) is 0.390. The summed E-state index contributed by atoms with van der Waals surface area (Å²) in [5, 5.41) is 8.20. The molecule has 0 heterocycles. The molecule has 60 valence electrons. The van der Waals surface area contributed by atoms with E-state index in [4.69, 9.17) is 5.11 Å². The van der Waals surface area contributed by atoms with E-state index < -0.39 is 11.8 Å². The molecule has 0 aliphatic heterocycles. The van der Waals surface area contributed by atoms with E-state index in [-0.39, 0.29) is 42.8 Å². The third kappa shape index (κ3) is 8.04. The summed E-state index contributed by atoms with van der Waals surface area (Å²) in [4.78, 5) is 20.6. The Kier molecular flexibility index (Phi) is 6.12. The fraction of sp³-hybridized carbons (Fsp3) is 0.714. The Morgan fingerprint density at radius 1 is 1.36 bits per heavy atom. The van der Waals surface area contributed by atoms with Crippen LogP contribution in [-0.4, -0.2) is 16.9 Å². The van der Waals surface area contributed by atoms with Gasteiger partial charge in [-0.1, -0.05) is 20.8 Å². The average Bonchev–Trinajstić information content (AvgIpc) is 1.60. The van der Waals surface area contributed by atoms with Crippen LogP contribution in [-0.2, 0) is 9.59 Å². The van der Waals surface area contributed by atoms with Gasteiger partial charge >= 0.3 is 35.5 Å². The van der Waals surface area contributed by atoms with Crippen molar-refractivity contribution in [3.05, 3.63) is 0 Å². The average molecular weight is 168 g/mol. The van der Waals surface area contributed by atoms with Gasteiger partial charge in [-0.2, -0.15) is 0 Å². The first-order valence-electron chi connectivity index (χ1n) is 3.09. The predicted molar refractivity (Wildman–Crippen MR) is 37.8 cm³/mol. The van der Waals surface area contributed by atoms with Crippen molar-refractivity contribution in [2.45, 2.75) is 27.2 Å². The summed E-state index contributed by atoms with van der Waals surface area (Å²) >= 11 is 0. The smallest absolute Gasteiger partial charge is 1.00 e. The normalized spacial score (nSPS) is 10.1. The van der Waals surface area contributed by atoms with Crippen molar-refractivity contribution < 1.29 is 45.7 Å². The number of carboxylic acids is 1. The molecule has 0 aromatic heterocycles. The van der Waals surface area contributed by atoms with E-state index in [1.165, 1.54) is 0 Å². The molecule has 0 rings (SSSR count). The van der Waals surface area contributed by atoms with Crippen LogP contribution < -0.4 is 29.6 Å². The fourth-order valence-electron chi connectivity index (χ4n) is 0.557. The number of rotatable bonds is 2. The zero-order chi connectivity index (χ0) is 8.36. The zero-order valence-electron chi connectivity index (χ0n) is 8.47. The summed E-state index contributed by atoms with van der Waals surface area (Å²) in [6, 6.07) is 0. The van der Waals surface area contributed by atoms with Gasteiger partial charge in [0, 0.05) is 6.42 Å². The number of Topliss-reactive ketones (excluding diaryl/α,β-unsaturated/α-hetero) is 1. The SMILES string of the molecule is CC(C)(C)CC(=O)C(=O)O.[H-].[Na+]. The minimum Gasteiger partial charge on any atom is -1.00 e. The number of hydrogen-bond donors (Lipinski definition) is 1. The molecular weight excluding hydrogens is 155 g/mol. The monoisotopic (exact) mass is 168 g/mol. The summed E-state index contributed by atoms with van der Waals surface area (Å²) in [5.41, 5.74) is -0.227. The molecule has 0 aliphatic carbocycles. The van der Waals surface area contributed by atoms with Gasteiger partial charge in [-0.3, -0.25) is 4.79 Å². The third-order valence-corrected chi connectivity index (χ3v) is 0.929. The van der Waals surface area contributed by atoms with Gasteiger partial charge in [0.25, 0.3) is 0 Å². The fourth-order valence-corrected chi connectivity index (χ4v) is 0.557. The third-order valence-electron chi connectivity index (χ3n) is 0.929. The first-order chi connectivity index (χ1) is 4.33. The Labute approximate surface area is 89.9 Å². The summed E-state index contributed by atoms with van der Waals surface area (Å²) in [7, 11) is 0. The van der Waals surface area contributed by atoms with E-state index in [9.17, 15) is 9.59 Å². The number of aliphatic carboxylic acids is 1. The summed E-state index contributed by atoms with van der Waals surface area (Å²) in [5.74, 6) is -2.05.